The zero-order valence-electron chi connectivity index (χ0n) is 22.1. The molecule has 0 aromatic heterocycles. The van der Waals surface area contributed by atoms with Gasteiger partial charge in [-0.05, 0) is 50.1 Å². The number of rotatable bonds is 9. The Labute approximate surface area is 219 Å². The van der Waals surface area contributed by atoms with E-state index in [-0.39, 0.29) is 12.1 Å². The van der Waals surface area contributed by atoms with Crippen molar-refractivity contribution in [2.24, 2.45) is 10.2 Å². The number of benzene rings is 2. The van der Waals surface area contributed by atoms with Crippen molar-refractivity contribution in [3.05, 3.63) is 65.7 Å². The first-order chi connectivity index (χ1) is 17.4. The number of hydrogen-bond acceptors (Lipinski definition) is 6. The number of hydrogen-bond donors (Lipinski definition) is 0. The van der Waals surface area contributed by atoms with E-state index < -0.39 is 6.43 Å². The van der Waals surface area contributed by atoms with Gasteiger partial charge in [-0.15, -0.1) is 0 Å². The van der Waals surface area contributed by atoms with Gasteiger partial charge >= 0.3 is 0 Å². The number of piperazine rings is 1. The van der Waals surface area contributed by atoms with Crippen molar-refractivity contribution in [2.75, 3.05) is 23.9 Å². The SMILES string of the molecule is CC.CCCN1C(C)CN(SN(Cc2ccc(C3=NN=C(C(F)F)C3)cc2)c2ccccc2)CC1C. The molecule has 2 aliphatic rings. The molecule has 36 heavy (non-hydrogen) atoms. The highest BCUT2D eigenvalue weighted by atomic mass is 32.2. The summed E-state index contributed by atoms with van der Waals surface area (Å²) < 4.78 is 30.6. The number of halogens is 2. The Hall–Kier alpha value is -2.29. The van der Waals surface area contributed by atoms with Gasteiger partial charge in [0.1, 0.15) is 5.71 Å². The summed E-state index contributed by atoms with van der Waals surface area (Å²) in [7, 11) is 0. The summed E-state index contributed by atoms with van der Waals surface area (Å²) in [5.74, 6) is 0. The van der Waals surface area contributed by atoms with Crippen molar-refractivity contribution in [2.45, 2.75) is 72.5 Å². The minimum absolute atomic E-state index is 0.114. The molecular formula is C28H39F2N5S. The molecular weight excluding hydrogens is 476 g/mol. The molecule has 8 heteroatoms. The molecule has 1 saturated heterocycles. The Kier molecular flexibility index (Phi) is 10.9. The Balaban J connectivity index is 0.00000176. The van der Waals surface area contributed by atoms with Crippen LogP contribution in [0.4, 0.5) is 14.5 Å². The molecule has 4 rings (SSSR count). The first-order valence-corrected chi connectivity index (χ1v) is 13.7. The maximum Gasteiger partial charge on any atom is 0.278 e. The highest BCUT2D eigenvalue weighted by molar-refractivity contribution is 7.98. The van der Waals surface area contributed by atoms with E-state index in [1.165, 1.54) is 6.42 Å². The minimum Gasteiger partial charge on any atom is -0.299 e. The summed E-state index contributed by atoms with van der Waals surface area (Å²) in [6.07, 6.45) is -1.26. The molecule has 0 aliphatic carbocycles. The third kappa shape index (κ3) is 7.37. The molecule has 2 heterocycles. The van der Waals surface area contributed by atoms with Crippen LogP contribution in [0.1, 0.15) is 58.6 Å². The average Bonchev–Trinajstić information content (AvgIpc) is 3.39. The molecule has 1 fully saturated rings. The Morgan fingerprint density at radius 2 is 1.61 bits per heavy atom. The Bertz CT molecular complexity index is 985. The molecule has 196 valence electrons. The fourth-order valence-electron chi connectivity index (χ4n) is 4.59. The van der Waals surface area contributed by atoms with Crippen LogP contribution in [-0.2, 0) is 6.54 Å². The van der Waals surface area contributed by atoms with E-state index in [4.69, 9.17) is 0 Å². The summed E-state index contributed by atoms with van der Waals surface area (Å²) >= 11 is 1.79. The van der Waals surface area contributed by atoms with Crippen molar-refractivity contribution in [3.63, 3.8) is 0 Å². The van der Waals surface area contributed by atoms with Crippen LogP contribution in [0.5, 0.6) is 0 Å². The van der Waals surface area contributed by atoms with Crippen molar-refractivity contribution < 1.29 is 8.78 Å². The van der Waals surface area contributed by atoms with Crippen LogP contribution in [0.2, 0.25) is 0 Å². The Morgan fingerprint density at radius 3 is 2.17 bits per heavy atom. The van der Waals surface area contributed by atoms with E-state index >= 15 is 0 Å². The van der Waals surface area contributed by atoms with E-state index in [1.807, 2.05) is 32.0 Å². The molecule has 2 atom stereocenters. The van der Waals surface area contributed by atoms with Gasteiger partial charge in [0.05, 0.1) is 12.3 Å². The van der Waals surface area contributed by atoms with E-state index in [1.54, 1.807) is 12.1 Å². The fraction of sp³-hybridized carbons (Fsp3) is 0.500. The van der Waals surface area contributed by atoms with Crippen LogP contribution >= 0.6 is 12.1 Å². The molecule has 0 radical (unpaired) electrons. The lowest BCUT2D eigenvalue weighted by atomic mass is 10.0. The largest absolute Gasteiger partial charge is 0.299 e. The van der Waals surface area contributed by atoms with Crippen molar-refractivity contribution >= 4 is 29.2 Å². The van der Waals surface area contributed by atoms with Gasteiger partial charge in [0.25, 0.3) is 6.43 Å². The number of anilines is 1. The van der Waals surface area contributed by atoms with Gasteiger partial charge < -0.3 is 0 Å². The number of alkyl halides is 2. The summed E-state index contributed by atoms with van der Waals surface area (Å²) in [6, 6.07) is 19.5. The van der Waals surface area contributed by atoms with Gasteiger partial charge in [0, 0.05) is 49.4 Å². The number of para-hydroxylation sites is 1. The van der Waals surface area contributed by atoms with E-state index in [2.05, 4.69) is 80.9 Å². The van der Waals surface area contributed by atoms with E-state index in [9.17, 15) is 8.78 Å². The predicted octanol–water partition coefficient (Wildman–Crippen LogP) is 6.90. The third-order valence-corrected chi connectivity index (χ3v) is 7.39. The molecule has 0 spiro atoms. The van der Waals surface area contributed by atoms with Gasteiger partial charge in [-0.3, -0.25) is 9.21 Å². The van der Waals surface area contributed by atoms with Crippen LogP contribution in [0.15, 0.2) is 64.8 Å². The normalized spacial score (nSPS) is 20.6. The number of nitrogens with zero attached hydrogens (tertiary/aromatic N) is 5. The predicted molar refractivity (Wildman–Crippen MR) is 150 cm³/mol. The maximum atomic E-state index is 12.9. The summed E-state index contributed by atoms with van der Waals surface area (Å²) in [5, 5.41) is 7.59. The second-order valence-corrected chi connectivity index (χ2v) is 10.2. The first-order valence-electron chi connectivity index (χ1n) is 13.0. The first kappa shape index (κ1) is 28.3. The lowest BCUT2D eigenvalue weighted by Gasteiger charge is -2.45. The molecule has 2 aromatic carbocycles. The quantitative estimate of drug-likeness (QED) is 0.340. The van der Waals surface area contributed by atoms with Crippen LogP contribution in [0, 0.1) is 0 Å². The maximum absolute atomic E-state index is 12.9. The second kappa shape index (κ2) is 13.9. The third-order valence-electron chi connectivity index (χ3n) is 6.32. The summed E-state index contributed by atoms with van der Waals surface area (Å²) in [6.45, 7) is 14.8. The van der Waals surface area contributed by atoms with Crippen LogP contribution in [-0.4, -0.2) is 58.8 Å². The van der Waals surface area contributed by atoms with Crippen molar-refractivity contribution in [3.8, 4) is 0 Å². The Morgan fingerprint density at radius 1 is 0.972 bits per heavy atom. The second-order valence-electron chi connectivity index (χ2n) is 9.05. The van der Waals surface area contributed by atoms with Gasteiger partial charge in [-0.25, -0.2) is 13.1 Å². The summed E-state index contributed by atoms with van der Waals surface area (Å²) in [4.78, 5) is 2.61. The molecule has 0 saturated carbocycles. The standard InChI is InChI=1S/C26H33F2N5S.C2H6/c1-4-14-32-19(2)16-31(17-20(32)3)34-33(23-8-6-5-7-9-23)18-21-10-12-22(13-11-21)24-15-25(26(27)28)30-29-24;1-2/h5-13,19-20,26H,4,14-18H2,1-3H3;1-2H3. The highest BCUT2D eigenvalue weighted by Gasteiger charge is 2.30. The van der Waals surface area contributed by atoms with Crippen LogP contribution in [0.25, 0.3) is 0 Å². The molecule has 0 N–H and O–H groups in total. The monoisotopic (exact) mass is 515 g/mol. The average molecular weight is 516 g/mol. The summed E-state index contributed by atoms with van der Waals surface area (Å²) in [5.41, 5.74) is 3.59. The van der Waals surface area contributed by atoms with Crippen LogP contribution in [0.3, 0.4) is 0 Å². The fourth-order valence-corrected chi connectivity index (χ4v) is 5.86. The van der Waals surface area contributed by atoms with Gasteiger partial charge in [0.2, 0.25) is 0 Å². The lowest BCUT2D eigenvalue weighted by Crippen LogP contribution is -2.55. The molecule has 0 amide bonds. The zero-order chi connectivity index (χ0) is 26.1. The molecule has 5 nitrogen and oxygen atoms in total. The van der Waals surface area contributed by atoms with E-state index in [0.717, 1.165) is 43.0 Å². The highest BCUT2D eigenvalue weighted by Crippen LogP contribution is 2.31. The van der Waals surface area contributed by atoms with Crippen molar-refractivity contribution in [1.82, 2.24) is 9.21 Å². The molecule has 2 aliphatic heterocycles. The van der Waals surface area contributed by atoms with Gasteiger partial charge in [-0.1, -0.05) is 63.2 Å². The molecule has 2 unspecified atom stereocenters. The smallest absolute Gasteiger partial charge is 0.278 e. The van der Waals surface area contributed by atoms with E-state index in [0.29, 0.717) is 17.8 Å². The topological polar surface area (TPSA) is 34.4 Å². The van der Waals surface area contributed by atoms with Gasteiger partial charge in [-0.2, -0.15) is 10.2 Å². The van der Waals surface area contributed by atoms with Crippen LogP contribution < -0.4 is 4.31 Å². The zero-order valence-corrected chi connectivity index (χ0v) is 22.9. The lowest BCUT2D eigenvalue weighted by molar-refractivity contribution is 0.0820. The molecule has 0 bridgehead atoms. The van der Waals surface area contributed by atoms with Gasteiger partial charge in [0.15, 0.2) is 0 Å². The molecule has 2 aromatic rings. The minimum atomic E-state index is -2.55. The van der Waals surface area contributed by atoms with Crippen molar-refractivity contribution in [1.29, 1.82) is 0 Å².